The molecule has 5 heterocycles. The van der Waals surface area contributed by atoms with E-state index < -0.39 is 28.8 Å². The van der Waals surface area contributed by atoms with E-state index in [0.29, 0.717) is 31.6 Å². The van der Waals surface area contributed by atoms with Gasteiger partial charge in [0.2, 0.25) is 0 Å². The molecule has 2 saturated heterocycles. The average Bonchev–Trinajstić information content (AvgIpc) is 3.52. The van der Waals surface area contributed by atoms with E-state index >= 15 is 0 Å². The molecular formula is C23H22ClF3N4O4. The highest BCUT2D eigenvalue weighted by molar-refractivity contribution is 6.33. The van der Waals surface area contributed by atoms with Gasteiger partial charge < -0.3 is 19.0 Å². The van der Waals surface area contributed by atoms with Crippen LogP contribution in [0.4, 0.5) is 18.0 Å². The third-order valence-corrected chi connectivity index (χ3v) is 7.02. The van der Waals surface area contributed by atoms with Crippen molar-refractivity contribution in [3.05, 3.63) is 47.3 Å². The zero-order chi connectivity index (χ0) is 25.1. The van der Waals surface area contributed by atoms with Gasteiger partial charge in [-0.05, 0) is 38.8 Å². The Kier molecular flexibility index (Phi) is 5.50. The lowest BCUT2D eigenvalue weighted by Gasteiger charge is -2.47. The van der Waals surface area contributed by atoms with Crippen LogP contribution in [-0.4, -0.2) is 62.5 Å². The Balaban J connectivity index is 1.52. The number of piperidine rings is 1. The minimum atomic E-state index is -4.72. The Morgan fingerprint density at radius 3 is 2.63 bits per heavy atom. The van der Waals surface area contributed by atoms with Crippen LogP contribution in [-0.2, 0) is 10.9 Å². The summed E-state index contributed by atoms with van der Waals surface area (Å²) in [5, 5.41) is -0.207. The maximum absolute atomic E-state index is 13.9. The molecule has 0 saturated carbocycles. The van der Waals surface area contributed by atoms with E-state index in [-0.39, 0.29) is 35.1 Å². The fraction of sp³-hybridized carbons (Fsp3) is 0.435. The van der Waals surface area contributed by atoms with Crippen LogP contribution >= 0.6 is 11.6 Å². The molecule has 0 spiro atoms. The summed E-state index contributed by atoms with van der Waals surface area (Å²) in [5.41, 5.74) is -1.77. The lowest BCUT2D eigenvalue weighted by atomic mass is 9.86. The van der Waals surface area contributed by atoms with Crippen molar-refractivity contribution >= 4 is 29.2 Å². The minimum Gasteiger partial charge on any atom is -0.472 e. The highest BCUT2D eigenvalue weighted by Gasteiger charge is 2.44. The van der Waals surface area contributed by atoms with Crippen molar-refractivity contribution in [3.63, 3.8) is 0 Å². The van der Waals surface area contributed by atoms with Crippen LogP contribution in [0.15, 0.2) is 35.3 Å². The summed E-state index contributed by atoms with van der Waals surface area (Å²) >= 11 is 6.46. The number of ether oxygens (including phenoxy) is 1. The van der Waals surface area contributed by atoms with Crippen LogP contribution in [0, 0.1) is 0 Å². The third kappa shape index (κ3) is 4.01. The van der Waals surface area contributed by atoms with Crippen molar-refractivity contribution in [2.45, 2.75) is 44.4 Å². The predicted octanol–water partition coefficient (Wildman–Crippen LogP) is 5.10. The lowest BCUT2D eigenvalue weighted by molar-refractivity contribution is -0.136. The van der Waals surface area contributed by atoms with Gasteiger partial charge in [-0.15, -0.1) is 0 Å². The predicted molar refractivity (Wildman–Crippen MR) is 119 cm³/mol. The molecule has 8 nitrogen and oxygen atoms in total. The van der Waals surface area contributed by atoms with Crippen LogP contribution in [0.1, 0.15) is 42.7 Å². The van der Waals surface area contributed by atoms with E-state index in [1.807, 2.05) is 13.8 Å². The average molecular weight is 511 g/mol. The highest BCUT2D eigenvalue weighted by atomic mass is 35.5. The first kappa shape index (κ1) is 23.5. The normalized spacial score (nSPS) is 20.5. The number of rotatable bonds is 3. The Morgan fingerprint density at radius 1 is 1.26 bits per heavy atom. The van der Waals surface area contributed by atoms with E-state index in [2.05, 4.69) is 4.98 Å². The van der Waals surface area contributed by atoms with E-state index in [4.69, 9.17) is 20.8 Å². The summed E-state index contributed by atoms with van der Waals surface area (Å²) in [7, 11) is 0. The van der Waals surface area contributed by atoms with Crippen LogP contribution < -0.4 is 0 Å². The number of cyclic esters (lactones) is 1. The molecule has 0 N–H and O–H groups in total. The number of alkyl halides is 3. The second-order valence-corrected chi connectivity index (χ2v) is 9.68. The van der Waals surface area contributed by atoms with Crippen molar-refractivity contribution in [2.75, 3.05) is 19.7 Å². The number of imidazole rings is 1. The first-order valence-electron chi connectivity index (χ1n) is 11.0. The monoisotopic (exact) mass is 510 g/mol. The molecule has 2 fully saturated rings. The largest absolute Gasteiger partial charge is 0.472 e. The number of furan rings is 1. The summed E-state index contributed by atoms with van der Waals surface area (Å²) in [6, 6.07) is 2.39. The Morgan fingerprint density at radius 2 is 2.03 bits per heavy atom. The summed E-state index contributed by atoms with van der Waals surface area (Å²) in [6.07, 6.45) is -0.0331. The van der Waals surface area contributed by atoms with Gasteiger partial charge in [-0.1, -0.05) is 11.6 Å². The summed E-state index contributed by atoms with van der Waals surface area (Å²) < 4.78 is 52.9. The first-order chi connectivity index (χ1) is 16.5. The molecule has 186 valence electrons. The number of likely N-dealkylation sites (tertiary alicyclic amines) is 1. The van der Waals surface area contributed by atoms with Gasteiger partial charge in [-0.2, -0.15) is 13.2 Å². The van der Waals surface area contributed by atoms with Crippen molar-refractivity contribution in [2.24, 2.45) is 0 Å². The first-order valence-corrected chi connectivity index (χ1v) is 11.4. The summed E-state index contributed by atoms with van der Waals surface area (Å²) in [4.78, 5) is 32.8. The fourth-order valence-corrected chi connectivity index (χ4v) is 5.18. The summed E-state index contributed by atoms with van der Waals surface area (Å²) in [5.74, 6) is -0.566. The number of hydrogen-bond acceptors (Lipinski definition) is 5. The molecule has 1 atom stereocenters. The van der Waals surface area contributed by atoms with Gasteiger partial charge in [0.25, 0.3) is 5.91 Å². The highest BCUT2D eigenvalue weighted by Crippen LogP contribution is 2.38. The van der Waals surface area contributed by atoms with Crippen LogP contribution in [0.3, 0.4) is 0 Å². The Hall–Kier alpha value is -3.21. The number of carbonyl (C=O) groups excluding carboxylic acids is 2. The van der Waals surface area contributed by atoms with Gasteiger partial charge in [-0.25, -0.2) is 9.78 Å². The zero-order valence-corrected chi connectivity index (χ0v) is 19.7. The van der Waals surface area contributed by atoms with Crippen molar-refractivity contribution in [1.29, 1.82) is 0 Å². The minimum absolute atomic E-state index is 0.102. The smallest absolute Gasteiger partial charge is 0.420 e. The molecule has 3 aromatic heterocycles. The number of halogens is 4. The number of fused-ring (bicyclic) bond motifs is 1. The summed E-state index contributed by atoms with van der Waals surface area (Å²) in [6.45, 7) is 4.81. The molecule has 35 heavy (non-hydrogen) atoms. The zero-order valence-electron chi connectivity index (χ0n) is 18.9. The van der Waals surface area contributed by atoms with E-state index in [1.54, 1.807) is 9.80 Å². The van der Waals surface area contributed by atoms with E-state index in [9.17, 15) is 22.8 Å². The number of nitrogens with zero attached hydrogens (tertiary/aromatic N) is 4. The maximum atomic E-state index is 13.9. The number of carbonyl (C=O) groups is 2. The van der Waals surface area contributed by atoms with Gasteiger partial charge >= 0.3 is 12.3 Å². The molecule has 0 bridgehead atoms. The molecule has 12 heteroatoms. The number of amides is 2. The Labute approximate surface area is 203 Å². The standard InChI is InChI=1S/C23H22ClF3N4O4/c1-22(2)10-15(29-6-8-35-21(29)33)3-5-31(22)20(32)17-18(24)30-11-14(13-4-7-34-12-13)9-16(19(30)28-17)23(25,26)27/h4,7,9,11-12,15H,3,5-6,8,10H2,1-2H3. The number of aromatic nitrogens is 2. The van der Waals surface area contributed by atoms with Crippen LogP contribution in [0.2, 0.25) is 5.15 Å². The lowest BCUT2D eigenvalue weighted by Crippen LogP contribution is -2.57. The van der Waals surface area contributed by atoms with Crippen LogP contribution in [0.5, 0.6) is 0 Å². The molecule has 2 amide bonds. The molecule has 0 aromatic carbocycles. The Bertz CT molecular complexity index is 1300. The molecule has 5 rings (SSSR count). The molecular weight excluding hydrogens is 489 g/mol. The number of hydrogen-bond donors (Lipinski definition) is 0. The SMILES string of the molecule is CC1(C)CC(N2CCOC2=O)CCN1C(=O)c1nc2c(C(F)(F)F)cc(-c3ccoc3)cn2c1Cl. The van der Waals surface area contributed by atoms with Crippen molar-refractivity contribution < 1.29 is 31.9 Å². The van der Waals surface area contributed by atoms with Gasteiger partial charge in [0, 0.05) is 35.4 Å². The molecule has 3 aromatic rings. The molecule has 0 radical (unpaired) electrons. The van der Waals surface area contributed by atoms with E-state index in [1.165, 1.54) is 24.8 Å². The topological polar surface area (TPSA) is 80.3 Å². The molecule has 1 unspecified atom stereocenters. The van der Waals surface area contributed by atoms with Crippen molar-refractivity contribution in [3.8, 4) is 11.1 Å². The third-order valence-electron chi connectivity index (χ3n) is 6.65. The van der Waals surface area contributed by atoms with E-state index in [0.717, 1.165) is 10.5 Å². The van der Waals surface area contributed by atoms with Gasteiger partial charge in [0.1, 0.15) is 11.8 Å². The molecule has 2 aliphatic rings. The second kappa shape index (κ2) is 8.18. The van der Waals surface area contributed by atoms with Crippen LogP contribution in [0.25, 0.3) is 16.8 Å². The van der Waals surface area contributed by atoms with Crippen molar-refractivity contribution in [1.82, 2.24) is 19.2 Å². The van der Waals surface area contributed by atoms with Gasteiger partial charge in [0.15, 0.2) is 11.3 Å². The number of pyridine rings is 1. The fourth-order valence-electron chi connectivity index (χ4n) is 4.93. The quantitative estimate of drug-likeness (QED) is 0.489. The van der Waals surface area contributed by atoms with Gasteiger partial charge in [0.05, 0.1) is 24.6 Å². The maximum Gasteiger partial charge on any atom is 0.420 e. The second-order valence-electron chi connectivity index (χ2n) is 9.32. The van der Waals surface area contributed by atoms with Gasteiger partial charge in [-0.3, -0.25) is 9.20 Å². The molecule has 2 aliphatic heterocycles. The molecule has 0 aliphatic carbocycles.